The lowest BCUT2D eigenvalue weighted by atomic mass is 10.0. The van der Waals surface area contributed by atoms with Gasteiger partial charge in [-0.1, -0.05) is 26.0 Å². The Morgan fingerprint density at radius 2 is 1.73 bits per heavy atom. The zero-order valence-electron chi connectivity index (χ0n) is 17.5. The average molecular weight is 414 g/mol. The molecule has 1 N–H and O–H groups in total. The molecule has 0 fully saturated rings. The summed E-state index contributed by atoms with van der Waals surface area (Å²) in [6.45, 7) is 9.04. The molecule has 2 aromatic carbocycles. The number of carbonyl (C=O) groups excluding carboxylic acids is 1. The fourth-order valence-corrected chi connectivity index (χ4v) is 2.86. The van der Waals surface area contributed by atoms with Crippen molar-refractivity contribution in [2.45, 2.75) is 46.6 Å². The Labute approximate surface area is 174 Å². The van der Waals surface area contributed by atoms with Gasteiger partial charge in [0, 0.05) is 5.56 Å². The number of ether oxygens (including phenoxy) is 1. The molecule has 158 valence electrons. The fourth-order valence-electron chi connectivity index (χ4n) is 2.86. The lowest BCUT2D eigenvalue weighted by molar-refractivity contribution is 0.0934. The van der Waals surface area contributed by atoms with Crippen LogP contribution >= 0.6 is 0 Å². The van der Waals surface area contributed by atoms with Crippen LogP contribution in [0.2, 0.25) is 0 Å². The highest BCUT2D eigenvalue weighted by Gasteiger charge is 2.19. The summed E-state index contributed by atoms with van der Waals surface area (Å²) in [4.78, 5) is 16.5. The number of rotatable bonds is 6. The predicted octanol–water partition coefficient (Wildman–Crippen LogP) is 5.98. The highest BCUT2D eigenvalue weighted by Crippen LogP contribution is 2.28. The van der Waals surface area contributed by atoms with Crippen LogP contribution in [-0.4, -0.2) is 10.9 Å². The second kappa shape index (κ2) is 8.65. The molecular formula is C23H24F2N2O3. The van der Waals surface area contributed by atoms with Gasteiger partial charge < -0.3 is 14.5 Å². The number of oxazole rings is 1. The molecule has 1 aromatic heterocycles. The van der Waals surface area contributed by atoms with Gasteiger partial charge in [0.2, 0.25) is 0 Å². The van der Waals surface area contributed by atoms with E-state index in [2.05, 4.69) is 24.1 Å². The van der Waals surface area contributed by atoms with E-state index in [4.69, 9.17) is 9.15 Å². The minimum absolute atomic E-state index is 0.00238. The molecule has 0 aliphatic rings. The topological polar surface area (TPSA) is 64.4 Å². The molecule has 1 heterocycles. The van der Waals surface area contributed by atoms with E-state index in [0.29, 0.717) is 17.2 Å². The summed E-state index contributed by atoms with van der Waals surface area (Å²) in [5.74, 6) is -0.953. The van der Waals surface area contributed by atoms with Crippen molar-refractivity contribution in [3.05, 3.63) is 76.2 Å². The van der Waals surface area contributed by atoms with Gasteiger partial charge in [-0.15, -0.1) is 0 Å². The molecule has 1 atom stereocenters. The van der Waals surface area contributed by atoms with Crippen LogP contribution in [0.25, 0.3) is 0 Å². The number of aromatic nitrogens is 1. The van der Waals surface area contributed by atoms with Gasteiger partial charge in [-0.05, 0) is 61.6 Å². The number of nitrogens with zero attached hydrogens (tertiary/aromatic N) is 1. The van der Waals surface area contributed by atoms with Crippen molar-refractivity contribution in [1.29, 1.82) is 0 Å². The molecule has 0 saturated heterocycles. The number of hydrogen-bond donors (Lipinski definition) is 1. The van der Waals surface area contributed by atoms with Crippen molar-refractivity contribution in [3.63, 3.8) is 0 Å². The minimum Gasteiger partial charge on any atom is -0.416 e. The second-order valence-corrected chi connectivity index (χ2v) is 7.59. The first kappa shape index (κ1) is 21.5. The quantitative estimate of drug-likeness (QED) is 0.539. The van der Waals surface area contributed by atoms with Gasteiger partial charge in [0.25, 0.3) is 5.91 Å². The van der Waals surface area contributed by atoms with Gasteiger partial charge in [0.05, 0.1) is 6.04 Å². The van der Waals surface area contributed by atoms with E-state index in [9.17, 15) is 13.6 Å². The minimum atomic E-state index is -0.665. The first-order valence-electron chi connectivity index (χ1n) is 9.66. The fraction of sp³-hybridized carbons (Fsp3) is 0.304. The lowest BCUT2D eigenvalue weighted by Gasteiger charge is -2.14. The third-order valence-electron chi connectivity index (χ3n) is 4.94. The maximum Gasteiger partial charge on any atom is 0.399 e. The molecule has 0 radical (unpaired) electrons. The van der Waals surface area contributed by atoms with E-state index in [-0.39, 0.29) is 17.3 Å². The smallest absolute Gasteiger partial charge is 0.399 e. The molecular weight excluding hydrogens is 390 g/mol. The summed E-state index contributed by atoms with van der Waals surface area (Å²) in [6, 6.07) is 7.65. The average Bonchev–Trinajstić information content (AvgIpc) is 3.16. The summed E-state index contributed by atoms with van der Waals surface area (Å²) in [7, 11) is 0. The van der Waals surface area contributed by atoms with Crippen LogP contribution < -0.4 is 10.1 Å². The predicted molar refractivity (Wildman–Crippen MR) is 109 cm³/mol. The summed E-state index contributed by atoms with van der Waals surface area (Å²) in [6.07, 6.45) is 1.11. The Balaban J connectivity index is 1.72. The Kier molecular flexibility index (Phi) is 6.20. The van der Waals surface area contributed by atoms with Crippen molar-refractivity contribution < 1.29 is 22.7 Å². The first-order valence-corrected chi connectivity index (χ1v) is 9.66. The number of benzene rings is 2. The standard InChI is InChI=1S/C23H24F2N2O3/c1-12(2)16-7-6-13(3)21(10-16)30-23-27-20(11-29-23)22(28)26-15(5)17-8-18(24)14(4)19(25)9-17/h6-12,15H,1-5H3,(H,26,28). The molecule has 0 aliphatic carbocycles. The van der Waals surface area contributed by atoms with Gasteiger partial charge in [-0.25, -0.2) is 8.78 Å². The molecule has 3 aromatic rings. The molecule has 5 nitrogen and oxygen atoms in total. The van der Waals surface area contributed by atoms with Crippen LogP contribution in [0, 0.1) is 25.5 Å². The van der Waals surface area contributed by atoms with E-state index < -0.39 is 23.6 Å². The highest BCUT2D eigenvalue weighted by molar-refractivity contribution is 5.92. The third-order valence-corrected chi connectivity index (χ3v) is 4.94. The van der Waals surface area contributed by atoms with Crippen molar-refractivity contribution in [2.75, 3.05) is 0 Å². The monoisotopic (exact) mass is 414 g/mol. The van der Waals surface area contributed by atoms with E-state index in [1.165, 1.54) is 25.3 Å². The largest absolute Gasteiger partial charge is 0.416 e. The van der Waals surface area contributed by atoms with E-state index in [0.717, 1.165) is 11.1 Å². The second-order valence-electron chi connectivity index (χ2n) is 7.59. The number of carbonyl (C=O) groups is 1. The maximum absolute atomic E-state index is 13.8. The van der Waals surface area contributed by atoms with Crippen molar-refractivity contribution >= 4 is 5.91 Å². The highest BCUT2D eigenvalue weighted by atomic mass is 19.1. The van der Waals surface area contributed by atoms with Gasteiger partial charge in [0.15, 0.2) is 5.69 Å². The number of aryl methyl sites for hydroxylation is 1. The molecule has 3 rings (SSSR count). The zero-order chi connectivity index (χ0) is 22.0. The Morgan fingerprint density at radius 1 is 1.07 bits per heavy atom. The normalized spacial score (nSPS) is 12.1. The Morgan fingerprint density at radius 3 is 2.37 bits per heavy atom. The molecule has 0 bridgehead atoms. The van der Waals surface area contributed by atoms with Crippen LogP contribution in [0.15, 0.2) is 41.0 Å². The molecule has 0 saturated carbocycles. The summed E-state index contributed by atoms with van der Waals surface area (Å²) in [5, 5.41) is 2.65. The molecule has 0 aliphatic heterocycles. The van der Waals surface area contributed by atoms with Gasteiger partial charge in [0.1, 0.15) is 23.6 Å². The molecule has 7 heteroatoms. The first-order chi connectivity index (χ1) is 14.2. The van der Waals surface area contributed by atoms with Gasteiger partial charge in [-0.2, -0.15) is 4.98 Å². The SMILES string of the molecule is Cc1ccc(C(C)C)cc1Oc1nc(C(=O)NC(C)c2cc(F)c(C)c(F)c2)co1. The number of halogens is 2. The van der Waals surface area contributed by atoms with Crippen LogP contribution in [0.3, 0.4) is 0 Å². The van der Waals surface area contributed by atoms with Crippen molar-refractivity contribution in [1.82, 2.24) is 10.3 Å². The number of nitrogens with one attached hydrogen (secondary N) is 1. The zero-order valence-corrected chi connectivity index (χ0v) is 17.5. The summed E-state index contributed by atoms with van der Waals surface area (Å²) in [5.41, 5.74) is 2.26. The van der Waals surface area contributed by atoms with Crippen molar-refractivity contribution in [3.8, 4) is 11.8 Å². The van der Waals surface area contributed by atoms with Gasteiger partial charge in [-0.3, -0.25) is 4.79 Å². The van der Waals surface area contributed by atoms with E-state index in [1.54, 1.807) is 6.92 Å². The molecule has 1 unspecified atom stereocenters. The van der Waals surface area contributed by atoms with Gasteiger partial charge >= 0.3 is 6.08 Å². The Hall–Kier alpha value is -3.22. The molecule has 0 spiro atoms. The maximum atomic E-state index is 13.8. The van der Waals surface area contributed by atoms with Crippen molar-refractivity contribution in [2.24, 2.45) is 0 Å². The number of hydrogen-bond acceptors (Lipinski definition) is 4. The Bertz CT molecular complexity index is 1050. The van der Waals surface area contributed by atoms with E-state index >= 15 is 0 Å². The molecule has 30 heavy (non-hydrogen) atoms. The third kappa shape index (κ3) is 4.67. The van der Waals surface area contributed by atoms with Crippen LogP contribution in [-0.2, 0) is 0 Å². The van der Waals surface area contributed by atoms with Crippen LogP contribution in [0.4, 0.5) is 8.78 Å². The lowest BCUT2D eigenvalue weighted by Crippen LogP contribution is -2.27. The summed E-state index contributed by atoms with van der Waals surface area (Å²) < 4.78 is 38.6. The van der Waals surface area contributed by atoms with E-state index in [1.807, 2.05) is 25.1 Å². The number of amides is 1. The summed E-state index contributed by atoms with van der Waals surface area (Å²) >= 11 is 0. The van der Waals surface area contributed by atoms with Crippen LogP contribution in [0.1, 0.15) is 65.5 Å². The van der Waals surface area contributed by atoms with Crippen LogP contribution in [0.5, 0.6) is 11.8 Å². The molecule has 1 amide bonds.